The maximum atomic E-state index is 12.4. The van der Waals surface area contributed by atoms with E-state index >= 15 is 0 Å². The number of carbonyl (C=O) groups is 1. The smallest absolute Gasteiger partial charge is 0.275 e. The largest absolute Gasteiger partial charge is 0.340 e. The Hall–Kier alpha value is -1.88. The van der Waals surface area contributed by atoms with Crippen molar-refractivity contribution in [2.45, 2.75) is 31.7 Å². The number of quaternary nitrogens is 1. The second-order valence-corrected chi connectivity index (χ2v) is 7.31. The fraction of sp³-hybridized carbons (Fsp3) is 0.471. The number of nitrogens with zero attached hydrogens (tertiary/aromatic N) is 1. The van der Waals surface area contributed by atoms with Crippen molar-refractivity contribution in [3.63, 3.8) is 0 Å². The van der Waals surface area contributed by atoms with Crippen LogP contribution < -0.4 is 10.6 Å². The summed E-state index contributed by atoms with van der Waals surface area (Å²) in [7, 11) is -3.44. The van der Waals surface area contributed by atoms with E-state index in [0.717, 1.165) is 5.56 Å². The molecule has 3 N–H and O–H groups in total. The third-order valence-corrected chi connectivity index (χ3v) is 5.86. The first kappa shape index (κ1) is 20.2. The number of benzene rings is 1. The van der Waals surface area contributed by atoms with Crippen LogP contribution in [0.5, 0.6) is 0 Å². The van der Waals surface area contributed by atoms with Gasteiger partial charge in [0, 0.05) is 18.7 Å². The summed E-state index contributed by atoms with van der Waals surface area (Å²) in [4.78, 5) is 11.8. The number of hydrogen-bond acceptors (Lipinski definition) is 3. The molecule has 1 aromatic rings. The highest BCUT2D eigenvalue weighted by atomic mass is 32.2. The van der Waals surface area contributed by atoms with E-state index in [1.165, 1.54) is 4.31 Å². The fourth-order valence-corrected chi connectivity index (χ4v) is 3.76. The molecular formula is C17H26N3O3S+. The van der Waals surface area contributed by atoms with Gasteiger partial charge in [0.25, 0.3) is 5.91 Å². The predicted octanol–water partition coefficient (Wildman–Crippen LogP) is 0.0909. The second kappa shape index (κ2) is 9.42. The first-order valence-corrected chi connectivity index (χ1v) is 9.44. The summed E-state index contributed by atoms with van der Waals surface area (Å²) < 4.78 is 26.3. The molecule has 1 amide bonds. The normalized spacial score (nSPS) is 12.6. The van der Waals surface area contributed by atoms with Gasteiger partial charge in [-0.25, -0.2) is 8.42 Å². The third kappa shape index (κ3) is 5.34. The van der Waals surface area contributed by atoms with E-state index in [2.05, 4.69) is 11.2 Å². The lowest BCUT2D eigenvalue weighted by Gasteiger charge is -2.19. The van der Waals surface area contributed by atoms with Crippen LogP contribution in [0.3, 0.4) is 0 Å². The maximum Gasteiger partial charge on any atom is 0.275 e. The summed E-state index contributed by atoms with van der Waals surface area (Å²) in [6.45, 7) is 6.97. The topological polar surface area (TPSA) is 83.1 Å². The Morgan fingerprint density at radius 1 is 1.29 bits per heavy atom. The zero-order valence-electron chi connectivity index (χ0n) is 14.5. The Labute approximate surface area is 144 Å². The molecule has 0 aliphatic heterocycles. The summed E-state index contributed by atoms with van der Waals surface area (Å²) in [5, 5.41) is 4.48. The van der Waals surface area contributed by atoms with Gasteiger partial charge in [-0.15, -0.1) is 6.42 Å². The Morgan fingerprint density at radius 2 is 1.88 bits per heavy atom. The van der Waals surface area contributed by atoms with Gasteiger partial charge in [0.15, 0.2) is 6.54 Å². The molecule has 0 radical (unpaired) electrons. The summed E-state index contributed by atoms with van der Waals surface area (Å²) in [5.74, 6) is 2.23. The van der Waals surface area contributed by atoms with Crippen LogP contribution in [0.25, 0.3) is 0 Å². The minimum absolute atomic E-state index is 0.0341. The van der Waals surface area contributed by atoms with Crippen LogP contribution in [0.4, 0.5) is 0 Å². The zero-order valence-corrected chi connectivity index (χ0v) is 15.3. The average Bonchev–Trinajstić information content (AvgIpc) is 2.58. The van der Waals surface area contributed by atoms with Crippen molar-refractivity contribution < 1.29 is 18.5 Å². The monoisotopic (exact) mass is 352 g/mol. The fourth-order valence-electron chi connectivity index (χ4n) is 2.30. The van der Waals surface area contributed by atoms with E-state index in [4.69, 9.17) is 6.42 Å². The highest BCUT2D eigenvalue weighted by molar-refractivity contribution is 7.89. The first-order chi connectivity index (χ1) is 11.4. The van der Waals surface area contributed by atoms with Crippen LogP contribution in [-0.2, 0) is 14.8 Å². The molecule has 0 aromatic heterocycles. The van der Waals surface area contributed by atoms with E-state index in [1.807, 2.05) is 26.1 Å². The van der Waals surface area contributed by atoms with Crippen molar-refractivity contribution >= 4 is 15.9 Å². The predicted molar refractivity (Wildman–Crippen MR) is 93.6 cm³/mol. The highest BCUT2D eigenvalue weighted by Crippen LogP contribution is 2.18. The number of nitrogens with two attached hydrogens (primary N) is 1. The molecule has 0 saturated carbocycles. The SMILES string of the molecule is C#CCNC(=O)C[NH2+][C@@H](C)c1ccc(S(=O)(=O)N(CC)CC)cc1. The van der Waals surface area contributed by atoms with E-state index in [-0.39, 0.29) is 29.9 Å². The van der Waals surface area contributed by atoms with Crippen LogP contribution in [0.2, 0.25) is 0 Å². The Morgan fingerprint density at radius 3 is 2.38 bits per heavy atom. The third-order valence-electron chi connectivity index (χ3n) is 3.79. The molecule has 0 aliphatic rings. The van der Waals surface area contributed by atoms with Crippen LogP contribution in [0, 0.1) is 12.3 Å². The molecule has 1 rings (SSSR count). The van der Waals surface area contributed by atoms with Crippen LogP contribution in [0.15, 0.2) is 29.2 Å². The first-order valence-electron chi connectivity index (χ1n) is 8.00. The number of rotatable bonds is 9. The standard InChI is InChI=1S/C17H25N3O3S/c1-5-12-18-17(21)13-19-14(4)15-8-10-16(11-9-15)24(22,23)20(6-2)7-3/h1,8-11,14,19H,6-7,12-13H2,2-4H3,(H,18,21)/p+1/t14-/m0/s1. The molecule has 0 saturated heterocycles. The van der Waals surface area contributed by atoms with E-state index in [9.17, 15) is 13.2 Å². The van der Waals surface area contributed by atoms with E-state index in [1.54, 1.807) is 24.3 Å². The van der Waals surface area contributed by atoms with Gasteiger partial charge in [0.05, 0.1) is 11.4 Å². The van der Waals surface area contributed by atoms with Crippen LogP contribution in [0.1, 0.15) is 32.4 Å². The molecule has 0 bridgehead atoms. The van der Waals surface area contributed by atoms with Crippen molar-refractivity contribution in [2.24, 2.45) is 0 Å². The van der Waals surface area contributed by atoms with E-state index < -0.39 is 10.0 Å². The molecule has 0 heterocycles. The maximum absolute atomic E-state index is 12.4. The van der Waals surface area contributed by atoms with Crippen molar-refractivity contribution in [1.29, 1.82) is 0 Å². The van der Waals surface area contributed by atoms with Gasteiger partial charge >= 0.3 is 0 Å². The molecule has 0 fully saturated rings. The molecule has 1 aromatic carbocycles. The lowest BCUT2D eigenvalue weighted by molar-refractivity contribution is -0.682. The quantitative estimate of drug-likeness (QED) is 0.618. The molecule has 1 atom stereocenters. The second-order valence-electron chi connectivity index (χ2n) is 5.37. The lowest BCUT2D eigenvalue weighted by Crippen LogP contribution is -2.87. The highest BCUT2D eigenvalue weighted by Gasteiger charge is 2.21. The molecular weight excluding hydrogens is 326 g/mol. The molecule has 0 aliphatic carbocycles. The molecule has 0 spiro atoms. The lowest BCUT2D eigenvalue weighted by atomic mass is 10.1. The summed E-state index contributed by atoms with van der Waals surface area (Å²) >= 11 is 0. The average molecular weight is 352 g/mol. The van der Waals surface area contributed by atoms with Crippen molar-refractivity contribution in [2.75, 3.05) is 26.2 Å². The number of sulfonamides is 1. The van der Waals surface area contributed by atoms with E-state index in [0.29, 0.717) is 13.1 Å². The van der Waals surface area contributed by atoms with Crippen LogP contribution >= 0.6 is 0 Å². The van der Waals surface area contributed by atoms with Gasteiger partial charge < -0.3 is 10.6 Å². The van der Waals surface area contributed by atoms with Gasteiger partial charge in [0.2, 0.25) is 10.0 Å². The van der Waals surface area contributed by atoms with Crippen molar-refractivity contribution in [3.05, 3.63) is 29.8 Å². The number of carbonyl (C=O) groups excluding carboxylic acids is 1. The summed E-state index contributed by atoms with van der Waals surface area (Å²) in [6.07, 6.45) is 5.09. The number of hydrogen-bond donors (Lipinski definition) is 2. The molecule has 24 heavy (non-hydrogen) atoms. The van der Waals surface area contributed by atoms with Gasteiger partial charge in [-0.05, 0) is 19.1 Å². The Balaban J connectivity index is 2.74. The van der Waals surface area contributed by atoms with Crippen molar-refractivity contribution in [1.82, 2.24) is 9.62 Å². The Bertz CT molecular complexity index is 674. The van der Waals surface area contributed by atoms with Crippen molar-refractivity contribution in [3.8, 4) is 12.3 Å². The van der Waals surface area contributed by atoms with Gasteiger partial charge in [-0.3, -0.25) is 4.79 Å². The number of nitrogens with one attached hydrogen (secondary N) is 1. The minimum Gasteiger partial charge on any atom is -0.340 e. The van der Waals surface area contributed by atoms with Gasteiger partial charge in [-0.2, -0.15) is 4.31 Å². The van der Waals surface area contributed by atoms with Gasteiger partial charge in [-0.1, -0.05) is 31.9 Å². The Kier molecular flexibility index (Phi) is 7.92. The molecule has 132 valence electrons. The van der Waals surface area contributed by atoms with Crippen LogP contribution in [-0.4, -0.2) is 44.8 Å². The zero-order chi connectivity index (χ0) is 18.2. The molecule has 0 unspecified atom stereocenters. The number of amides is 1. The minimum atomic E-state index is -3.44. The molecule has 6 nitrogen and oxygen atoms in total. The molecule has 7 heteroatoms. The summed E-state index contributed by atoms with van der Waals surface area (Å²) in [6, 6.07) is 6.84. The van der Waals surface area contributed by atoms with Gasteiger partial charge in [0.1, 0.15) is 6.04 Å². The summed E-state index contributed by atoms with van der Waals surface area (Å²) in [5.41, 5.74) is 0.957. The number of terminal acetylenes is 1.